The number of rotatable bonds is 21. The summed E-state index contributed by atoms with van der Waals surface area (Å²) in [7, 11) is -8.16. The largest absolute Gasteiger partial charge is 1.00 e. The first-order valence-corrected chi connectivity index (χ1v) is 15.5. The van der Waals surface area contributed by atoms with Crippen LogP contribution in [0.2, 0.25) is 0 Å². The van der Waals surface area contributed by atoms with Crippen LogP contribution in [0.4, 0.5) is 22.0 Å². The molecule has 0 heterocycles. The van der Waals surface area contributed by atoms with Crippen LogP contribution in [0.5, 0.6) is 0 Å². The minimum atomic E-state index is -4.10. The Morgan fingerprint density at radius 3 is 1.05 bits per heavy atom. The third kappa shape index (κ3) is 51.9. The molecule has 0 saturated carbocycles. The van der Waals surface area contributed by atoms with Gasteiger partial charge in [0.2, 0.25) is 6.43 Å². The Morgan fingerprint density at radius 2 is 0.784 bits per heavy atom. The molecule has 0 aromatic carbocycles. The molecule has 37 heavy (non-hydrogen) atoms. The zero-order valence-electron chi connectivity index (χ0n) is 22.4. The van der Waals surface area contributed by atoms with E-state index >= 15 is 0 Å². The van der Waals surface area contributed by atoms with Crippen LogP contribution in [-0.2, 0) is 20.2 Å². The third-order valence-electron chi connectivity index (χ3n) is 5.17. The first-order chi connectivity index (χ1) is 16.1. The van der Waals surface area contributed by atoms with E-state index in [2.05, 4.69) is 0 Å². The predicted octanol–water partition coefficient (Wildman–Crippen LogP) is 0.920. The molecule has 0 aromatic rings. The van der Waals surface area contributed by atoms with Gasteiger partial charge in [0, 0.05) is 24.3 Å². The van der Waals surface area contributed by atoms with Gasteiger partial charge in [0.25, 0.3) is 0 Å². The van der Waals surface area contributed by atoms with Gasteiger partial charge in [0.05, 0.1) is 20.2 Å². The van der Waals surface area contributed by atoms with Gasteiger partial charge in [-0.1, -0.05) is 77.0 Å². The second-order valence-corrected chi connectivity index (χ2v) is 11.8. The van der Waals surface area contributed by atoms with E-state index in [4.69, 9.17) is 0 Å². The molecule has 0 fully saturated rings. The van der Waals surface area contributed by atoms with Crippen molar-refractivity contribution in [3.8, 4) is 0 Å². The van der Waals surface area contributed by atoms with Gasteiger partial charge in [-0.05, 0) is 25.7 Å². The van der Waals surface area contributed by atoms with E-state index in [1.165, 1.54) is 0 Å². The van der Waals surface area contributed by atoms with Crippen molar-refractivity contribution in [2.75, 3.05) is 11.5 Å². The SMILES string of the molecule is O=S(=O)([O-])CCCCCCCCCCC(F)(F)F.O=S(=O)([O-])CCCCCCCCCCC(F)F.[K+].[K+]. The molecule has 0 aliphatic carbocycles. The maximum atomic E-state index is 11.8. The molecule has 0 spiro atoms. The first-order valence-electron chi connectivity index (χ1n) is 12.3. The van der Waals surface area contributed by atoms with Crippen molar-refractivity contribution < 1.29 is 151 Å². The van der Waals surface area contributed by atoms with Gasteiger partial charge in [0.15, 0.2) is 0 Å². The van der Waals surface area contributed by atoms with Crippen molar-refractivity contribution in [2.24, 2.45) is 0 Å². The van der Waals surface area contributed by atoms with E-state index < -0.39 is 39.3 Å². The van der Waals surface area contributed by atoms with Crippen molar-refractivity contribution in [3.05, 3.63) is 0 Å². The molecule has 0 N–H and O–H groups in total. The van der Waals surface area contributed by atoms with Crippen LogP contribution in [0.15, 0.2) is 0 Å². The molecule has 0 radical (unpaired) electrons. The van der Waals surface area contributed by atoms with Gasteiger partial charge in [-0.15, -0.1) is 0 Å². The van der Waals surface area contributed by atoms with Gasteiger partial charge < -0.3 is 9.11 Å². The third-order valence-corrected chi connectivity index (χ3v) is 6.75. The molecule has 0 rings (SSSR count). The van der Waals surface area contributed by atoms with Gasteiger partial charge in [-0.3, -0.25) is 0 Å². The number of unbranched alkanes of at least 4 members (excludes halogenated alkanes) is 14. The van der Waals surface area contributed by atoms with Crippen LogP contribution >= 0.6 is 0 Å². The van der Waals surface area contributed by atoms with E-state index in [9.17, 15) is 47.9 Å². The summed E-state index contributed by atoms with van der Waals surface area (Å²) in [6.07, 6.45) is 4.61. The molecule has 6 nitrogen and oxygen atoms in total. The number of hydrogen-bond donors (Lipinski definition) is 0. The van der Waals surface area contributed by atoms with Crippen LogP contribution in [0.3, 0.4) is 0 Å². The second kappa shape index (κ2) is 28.8. The number of hydrogen-bond acceptors (Lipinski definition) is 6. The molecule has 0 bridgehead atoms. The van der Waals surface area contributed by atoms with Gasteiger partial charge >= 0.3 is 109 Å². The Hall–Kier alpha value is 2.74. The molecule has 0 saturated heterocycles. The molecule has 0 aliphatic heterocycles. The average Bonchev–Trinajstić information content (AvgIpc) is 2.68. The summed E-state index contributed by atoms with van der Waals surface area (Å²) in [5, 5.41) is 0. The fourth-order valence-electron chi connectivity index (χ4n) is 3.30. The maximum absolute atomic E-state index is 11.8. The van der Waals surface area contributed by atoms with E-state index in [0.29, 0.717) is 32.1 Å². The van der Waals surface area contributed by atoms with Crippen molar-refractivity contribution in [2.45, 2.75) is 128 Å². The zero-order chi connectivity index (χ0) is 27.2. The van der Waals surface area contributed by atoms with Crippen LogP contribution < -0.4 is 103 Å². The molecule has 0 aromatic heterocycles. The van der Waals surface area contributed by atoms with Gasteiger partial charge in [-0.25, -0.2) is 25.6 Å². The van der Waals surface area contributed by atoms with Gasteiger partial charge in [0.1, 0.15) is 0 Å². The summed E-state index contributed by atoms with van der Waals surface area (Å²) < 4.78 is 121. The quantitative estimate of drug-likeness (QED) is 0.0800. The monoisotopic (exact) mass is 638 g/mol. The summed E-state index contributed by atoms with van der Waals surface area (Å²) in [6.45, 7) is 0. The molecule has 214 valence electrons. The Morgan fingerprint density at radius 1 is 0.514 bits per heavy atom. The Bertz CT molecular complexity index is 694. The van der Waals surface area contributed by atoms with Crippen molar-refractivity contribution in [1.82, 2.24) is 0 Å². The van der Waals surface area contributed by atoms with E-state index in [-0.39, 0.29) is 127 Å². The normalized spacial score (nSPS) is 11.9. The van der Waals surface area contributed by atoms with E-state index in [0.717, 1.165) is 64.2 Å². The minimum absolute atomic E-state index is 0. The minimum Gasteiger partial charge on any atom is -0.748 e. The predicted molar refractivity (Wildman–Crippen MR) is 124 cm³/mol. The van der Waals surface area contributed by atoms with Crippen LogP contribution in [0.25, 0.3) is 0 Å². The summed E-state index contributed by atoms with van der Waals surface area (Å²) >= 11 is 0. The van der Waals surface area contributed by atoms with E-state index in [1.54, 1.807) is 0 Å². The molecule has 0 aliphatic rings. The molecule has 0 unspecified atom stereocenters. The average molecular weight is 639 g/mol. The molecule has 0 atom stereocenters. The van der Waals surface area contributed by atoms with E-state index in [1.807, 2.05) is 0 Å². The van der Waals surface area contributed by atoms with Gasteiger partial charge in [-0.2, -0.15) is 13.2 Å². The summed E-state index contributed by atoms with van der Waals surface area (Å²) in [6, 6.07) is 0. The second-order valence-electron chi connectivity index (χ2n) is 8.73. The number of halogens is 5. The molecule has 0 amide bonds. The topological polar surface area (TPSA) is 114 Å². The molecular weight excluding hydrogens is 598 g/mol. The Labute approximate surface area is 305 Å². The van der Waals surface area contributed by atoms with Crippen molar-refractivity contribution in [1.29, 1.82) is 0 Å². The smallest absolute Gasteiger partial charge is 0.748 e. The fraction of sp³-hybridized carbons (Fsp3) is 1.00. The maximum Gasteiger partial charge on any atom is 1.00 e. The Balaban J connectivity index is -0.000000280. The van der Waals surface area contributed by atoms with Crippen LogP contribution in [0.1, 0.15) is 116 Å². The fourth-order valence-corrected chi connectivity index (χ4v) is 4.42. The summed E-state index contributed by atoms with van der Waals surface area (Å²) in [4.78, 5) is 0. The van der Waals surface area contributed by atoms with Crippen LogP contribution in [-0.4, -0.2) is 50.0 Å². The summed E-state index contributed by atoms with van der Waals surface area (Å²) in [5.74, 6) is -0.597. The van der Waals surface area contributed by atoms with Crippen LogP contribution in [0, 0.1) is 0 Å². The molecular formula is C22H41F5K2O6S2. The van der Waals surface area contributed by atoms with Crippen molar-refractivity contribution >= 4 is 20.2 Å². The standard InChI is InChI=1S/C11H21F3O3S.C11H22F2O3S.2K/c12-11(13,14)9-7-5-3-1-2-4-6-8-10-18(15,16)17;12-11(13)9-7-5-3-1-2-4-6-8-10-17(14,15)16;;/h1-10H2,(H,15,16,17);11H,1-10H2,(H,14,15,16);;/q;;2*+1/p-2. The summed E-state index contributed by atoms with van der Waals surface area (Å²) in [5.41, 5.74) is 0. The zero-order valence-corrected chi connectivity index (χ0v) is 30.3. The van der Waals surface area contributed by atoms with Crippen molar-refractivity contribution in [3.63, 3.8) is 0 Å². The molecule has 15 heteroatoms. The Kier molecular flexibility index (Phi) is 36.4. The number of alkyl halides is 5. The first kappa shape index (κ1) is 46.7.